The number of ether oxygens (including phenoxy) is 3. The van der Waals surface area contributed by atoms with E-state index < -0.39 is 0 Å². The summed E-state index contributed by atoms with van der Waals surface area (Å²) in [5.74, 6) is -0.0932. The molecule has 0 aliphatic rings. The Hall–Kier alpha value is -0.610. The zero-order valence-electron chi connectivity index (χ0n) is 20.4. The van der Waals surface area contributed by atoms with Crippen molar-refractivity contribution in [1.29, 1.82) is 0 Å². The summed E-state index contributed by atoms with van der Waals surface area (Å²) in [6.45, 7) is 7.77. The Bertz CT molecular complexity index is 333. The highest BCUT2D eigenvalue weighted by Crippen LogP contribution is 2.10. The summed E-state index contributed by atoms with van der Waals surface area (Å²) in [6.07, 6.45) is 21.9. The molecule has 0 aromatic rings. The van der Waals surface area contributed by atoms with Gasteiger partial charge in [-0.05, 0) is 19.3 Å². The van der Waals surface area contributed by atoms with Crippen molar-refractivity contribution in [2.45, 2.75) is 129 Å². The SMILES string of the molecule is CCCCCCCCCCCCOCCOCCCC(=O)OCCCCCCCC. The first-order valence-electron chi connectivity index (χ1n) is 13.1. The number of hydrogen-bond donors (Lipinski definition) is 0. The van der Waals surface area contributed by atoms with Crippen LogP contribution in [0, 0.1) is 0 Å². The molecule has 0 rings (SSSR count). The van der Waals surface area contributed by atoms with Crippen LogP contribution in [0.5, 0.6) is 0 Å². The van der Waals surface area contributed by atoms with Crippen LogP contribution in [0.15, 0.2) is 0 Å². The van der Waals surface area contributed by atoms with Gasteiger partial charge in [-0.15, -0.1) is 0 Å². The minimum absolute atomic E-state index is 0.0932. The highest BCUT2D eigenvalue weighted by Gasteiger charge is 2.02. The van der Waals surface area contributed by atoms with Gasteiger partial charge in [0.05, 0.1) is 19.8 Å². The number of esters is 1. The first-order chi connectivity index (χ1) is 14.8. The fourth-order valence-electron chi connectivity index (χ4n) is 3.47. The lowest BCUT2D eigenvalue weighted by Crippen LogP contribution is -2.09. The molecular weight excluding hydrogens is 376 g/mol. The maximum atomic E-state index is 11.6. The van der Waals surface area contributed by atoms with Crippen LogP contribution in [0.4, 0.5) is 0 Å². The third-order valence-electron chi connectivity index (χ3n) is 5.44. The summed E-state index contributed by atoms with van der Waals surface area (Å²) in [6, 6.07) is 0. The first kappa shape index (κ1) is 29.4. The van der Waals surface area contributed by atoms with E-state index >= 15 is 0 Å². The summed E-state index contributed by atoms with van der Waals surface area (Å²) in [5.41, 5.74) is 0. The lowest BCUT2D eigenvalue weighted by molar-refractivity contribution is -0.144. The van der Waals surface area contributed by atoms with Crippen molar-refractivity contribution in [2.75, 3.05) is 33.0 Å². The first-order valence-corrected chi connectivity index (χ1v) is 13.1. The second-order valence-electron chi connectivity index (χ2n) is 8.50. The van der Waals surface area contributed by atoms with Crippen molar-refractivity contribution < 1.29 is 19.0 Å². The maximum absolute atomic E-state index is 11.6. The van der Waals surface area contributed by atoms with Gasteiger partial charge in [0.25, 0.3) is 0 Å². The number of carbonyl (C=O) groups is 1. The van der Waals surface area contributed by atoms with Crippen molar-refractivity contribution in [3.8, 4) is 0 Å². The Morgan fingerprint density at radius 2 is 0.867 bits per heavy atom. The molecule has 0 fully saturated rings. The zero-order valence-corrected chi connectivity index (χ0v) is 20.4. The van der Waals surface area contributed by atoms with Gasteiger partial charge in [-0.1, -0.05) is 104 Å². The third kappa shape index (κ3) is 25.4. The van der Waals surface area contributed by atoms with E-state index in [2.05, 4.69) is 13.8 Å². The smallest absolute Gasteiger partial charge is 0.305 e. The van der Waals surface area contributed by atoms with Gasteiger partial charge < -0.3 is 14.2 Å². The highest BCUT2D eigenvalue weighted by molar-refractivity contribution is 5.69. The summed E-state index contributed by atoms with van der Waals surface area (Å²) in [4.78, 5) is 11.6. The Kier molecular flexibility index (Phi) is 25.9. The zero-order chi connectivity index (χ0) is 22.0. The van der Waals surface area contributed by atoms with Gasteiger partial charge in [-0.3, -0.25) is 4.79 Å². The van der Waals surface area contributed by atoms with Gasteiger partial charge in [-0.25, -0.2) is 0 Å². The molecule has 0 aliphatic heterocycles. The van der Waals surface area contributed by atoms with Crippen LogP contribution in [-0.4, -0.2) is 39.0 Å². The average Bonchev–Trinajstić information content (AvgIpc) is 2.75. The van der Waals surface area contributed by atoms with E-state index in [9.17, 15) is 4.79 Å². The lowest BCUT2D eigenvalue weighted by atomic mass is 10.1. The van der Waals surface area contributed by atoms with Crippen molar-refractivity contribution in [2.24, 2.45) is 0 Å². The monoisotopic (exact) mass is 428 g/mol. The molecule has 0 saturated carbocycles. The standard InChI is InChI=1S/C26H52O4/c1-3-5-7-9-11-12-13-14-15-17-21-28-24-25-29-22-19-20-26(27)30-23-18-16-10-8-6-4-2/h3-25H2,1-2H3. The molecule has 0 N–H and O–H groups in total. The van der Waals surface area contributed by atoms with Crippen molar-refractivity contribution in [1.82, 2.24) is 0 Å². The van der Waals surface area contributed by atoms with Crippen molar-refractivity contribution in [3.63, 3.8) is 0 Å². The Balaban J connectivity index is 3.11. The van der Waals surface area contributed by atoms with E-state index in [4.69, 9.17) is 14.2 Å². The molecule has 0 aliphatic carbocycles. The summed E-state index contributed by atoms with van der Waals surface area (Å²) < 4.78 is 16.4. The molecule has 0 aromatic carbocycles. The minimum Gasteiger partial charge on any atom is -0.466 e. The largest absolute Gasteiger partial charge is 0.466 e. The fourth-order valence-corrected chi connectivity index (χ4v) is 3.47. The van der Waals surface area contributed by atoms with Crippen LogP contribution in [0.3, 0.4) is 0 Å². The molecule has 0 unspecified atom stereocenters. The molecule has 0 spiro atoms. The Morgan fingerprint density at radius 3 is 1.37 bits per heavy atom. The molecule has 180 valence electrons. The number of unbranched alkanes of at least 4 members (excludes halogenated alkanes) is 14. The predicted molar refractivity (Wildman–Crippen MR) is 127 cm³/mol. The van der Waals surface area contributed by atoms with E-state index in [-0.39, 0.29) is 5.97 Å². The molecule has 0 amide bonds. The average molecular weight is 429 g/mol. The summed E-state index contributed by atoms with van der Waals surface area (Å²) in [5, 5.41) is 0. The molecule has 0 saturated heterocycles. The van der Waals surface area contributed by atoms with E-state index in [1.165, 1.54) is 83.5 Å². The van der Waals surface area contributed by atoms with Gasteiger partial charge in [0.1, 0.15) is 0 Å². The molecular formula is C26H52O4. The second kappa shape index (κ2) is 26.4. The molecule has 30 heavy (non-hydrogen) atoms. The summed E-state index contributed by atoms with van der Waals surface area (Å²) >= 11 is 0. The Morgan fingerprint density at radius 1 is 0.467 bits per heavy atom. The second-order valence-corrected chi connectivity index (χ2v) is 8.50. The van der Waals surface area contributed by atoms with Gasteiger partial charge in [-0.2, -0.15) is 0 Å². The van der Waals surface area contributed by atoms with Gasteiger partial charge in [0, 0.05) is 19.6 Å². The summed E-state index contributed by atoms with van der Waals surface area (Å²) in [7, 11) is 0. The number of hydrogen-bond acceptors (Lipinski definition) is 4. The van der Waals surface area contributed by atoms with Crippen LogP contribution in [-0.2, 0) is 19.0 Å². The van der Waals surface area contributed by atoms with Gasteiger partial charge >= 0.3 is 5.97 Å². The van der Waals surface area contributed by atoms with Crippen LogP contribution in [0.1, 0.15) is 129 Å². The normalized spacial score (nSPS) is 11.1. The highest BCUT2D eigenvalue weighted by atomic mass is 16.5. The quantitative estimate of drug-likeness (QED) is 0.111. The lowest BCUT2D eigenvalue weighted by Gasteiger charge is -2.07. The topological polar surface area (TPSA) is 44.8 Å². The number of rotatable bonds is 25. The Labute approximate surface area is 187 Å². The van der Waals surface area contributed by atoms with E-state index in [0.29, 0.717) is 32.8 Å². The van der Waals surface area contributed by atoms with Crippen LogP contribution in [0.25, 0.3) is 0 Å². The molecule has 0 radical (unpaired) electrons. The van der Waals surface area contributed by atoms with Crippen molar-refractivity contribution in [3.05, 3.63) is 0 Å². The number of carbonyl (C=O) groups excluding carboxylic acids is 1. The van der Waals surface area contributed by atoms with Crippen LogP contribution < -0.4 is 0 Å². The molecule has 0 bridgehead atoms. The molecule has 0 aromatic heterocycles. The molecule has 0 atom stereocenters. The molecule has 4 nitrogen and oxygen atoms in total. The van der Waals surface area contributed by atoms with E-state index in [1.54, 1.807) is 0 Å². The van der Waals surface area contributed by atoms with Crippen LogP contribution in [0.2, 0.25) is 0 Å². The van der Waals surface area contributed by atoms with E-state index in [1.807, 2.05) is 0 Å². The predicted octanol–water partition coefficient (Wildman–Crippen LogP) is 7.62. The molecule has 4 heteroatoms. The van der Waals surface area contributed by atoms with Gasteiger partial charge in [0.15, 0.2) is 0 Å². The minimum atomic E-state index is -0.0932. The maximum Gasteiger partial charge on any atom is 0.305 e. The fraction of sp³-hybridized carbons (Fsp3) is 0.962. The molecule has 0 heterocycles. The third-order valence-corrected chi connectivity index (χ3v) is 5.44. The van der Waals surface area contributed by atoms with E-state index in [0.717, 1.165) is 32.3 Å². The van der Waals surface area contributed by atoms with Gasteiger partial charge in [0.2, 0.25) is 0 Å². The van der Waals surface area contributed by atoms with Crippen LogP contribution >= 0.6 is 0 Å². The van der Waals surface area contributed by atoms with Crippen molar-refractivity contribution >= 4 is 5.97 Å².